The van der Waals surface area contributed by atoms with Gasteiger partial charge >= 0.3 is 0 Å². The predicted octanol–water partition coefficient (Wildman–Crippen LogP) is 2.94. The van der Waals surface area contributed by atoms with Crippen LogP contribution in [-0.4, -0.2) is 42.3 Å². The molecule has 2 aromatic heterocycles. The molecule has 3 heterocycles. The molecule has 130 valence electrons. The van der Waals surface area contributed by atoms with Crippen LogP contribution in [-0.2, 0) is 0 Å². The van der Waals surface area contributed by atoms with Gasteiger partial charge < -0.3 is 18.8 Å². The van der Waals surface area contributed by atoms with Gasteiger partial charge in [0.15, 0.2) is 28.7 Å². The summed E-state index contributed by atoms with van der Waals surface area (Å²) in [5.41, 5.74) is 2.41. The number of anilines is 1. The lowest BCUT2D eigenvalue weighted by Crippen LogP contribution is -2.21. The number of aromatic nitrogens is 3. The molecular weight excluding hydrogens is 320 g/mol. The van der Waals surface area contributed by atoms with Gasteiger partial charge in [-0.1, -0.05) is 12.1 Å². The summed E-state index contributed by atoms with van der Waals surface area (Å²) < 4.78 is 16.5. The Morgan fingerprint density at radius 2 is 2.08 bits per heavy atom. The Morgan fingerprint density at radius 3 is 2.88 bits per heavy atom. The van der Waals surface area contributed by atoms with Gasteiger partial charge in [0.1, 0.15) is 6.33 Å². The van der Waals surface area contributed by atoms with Crippen LogP contribution in [0.15, 0.2) is 28.9 Å². The Balaban J connectivity index is 1.66. The monoisotopic (exact) mass is 340 g/mol. The minimum absolute atomic E-state index is 0.336. The fourth-order valence-corrected chi connectivity index (χ4v) is 3.52. The number of benzene rings is 1. The van der Waals surface area contributed by atoms with Crippen molar-refractivity contribution < 1.29 is 13.9 Å². The molecule has 0 radical (unpaired) electrons. The van der Waals surface area contributed by atoms with Gasteiger partial charge in [-0.15, -0.1) is 0 Å². The van der Waals surface area contributed by atoms with Crippen molar-refractivity contribution in [1.82, 2.24) is 15.0 Å². The molecule has 25 heavy (non-hydrogen) atoms. The van der Waals surface area contributed by atoms with Crippen LogP contribution in [0, 0.1) is 6.92 Å². The topological polar surface area (TPSA) is 73.5 Å². The molecule has 0 N–H and O–H groups in total. The smallest absolute Gasteiger partial charge is 0.252 e. The fraction of sp³-hybridized carbons (Fsp3) is 0.389. The molecule has 0 aliphatic carbocycles. The summed E-state index contributed by atoms with van der Waals surface area (Å²) in [6.07, 6.45) is 2.54. The van der Waals surface area contributed by atoms with Crippen molar-refractivity contribution in [1.29, 1.82) is 0 Å². The maximum absolute atomic E-state index is 5.60. The van der Waals surface area contributed by atoms with Crippen molar-refractivity contribution in [3.05, 3.63) is 36.0 Å². The second-order valence-electron chi connectivity index (χ2n) is 6.10. The van der Waals surface area contributed by atoms with Crippen molar-refractivity contribution in [2.45, 2.75) is 19.3 Å². The van der Waals surface area contributed by atoms with Crippen LogP contribution in [0.25, 0.3) is 11.2 Å². The van der Waals surface area contributed by atoms with Crippen molar-refractivity contribution in [3.8, 4) is 11.5 Å². The van der Waals surface area contributed by atoms with E-state index in [-0.39, 0.29) is 0 Å². The highest BCUT2D eigenvalue weighted by Gasteiger charge is 2.30. The van der Waals surface area contributed by atoms with Gasteiger partial charge in [-0.3, -0.25) is 0 Å². The van der Waals surface area contributed by atoms with Crippen LogP contribution >= 0.6 is 0 Å². The van der Waals surface area contributed by atoms with Gasteiger partial charge in [0.25, 0.3) is 5.71 Å². The van der Waals surface area contributed by atoms with Crippen molar-refractivity contribution in [3.63, 3.8) is 0 Å². The molecule has 1 aliphatic heterocycles. The first-order chi connectivity index (χ1) is 12.2. The minimum atomic E-state index is 0.336. The maximum Gasteiger partial charge on any atom is 0.252 e. The van der Waals surface area contributed by atoms with E-state index >= 15 is 0 Å². The van der Waals surface area contributed by atoms with Gasteiger partial charge in [-0.05, 0) is 12.5 Å². The molecule has 0 bridgehead atoms. The zero-order chi connectivity index (χ0) is 17.4. The normalized spacial score (nSPS) is 17.2. The number of methoxy groups -OCH3 is 2. The van der Waals surface area contributed by atoms with Crippen LogP contribution in [0.3, 0.4) is 0 Å². The van der Waals surface area contributed by atoms with Gasteiger partial charge in [-0.2, -0.15) is 4.98 Å². The third kappa shape index (κ3) is 2.65. The second kappa shape index (κ2) is 6.23. The van der Waals surface area contributed by atoms with Crippen LogP contribution in [0.4, 0.5) is 5.82 Å². The lowest BCUT2D eigenvalue weighted by atomic mass is 9.97. The van der Waals surface area contributed by atoms with E-state index in [2.05, 4.69) is 25.9 Å². The highest BCUT2D eigenvalue weighted by Crippen LogP contribution is 2.40. The van der Waals surface area contributed by atoms with Crippen molar-refractivity contribution in [2.75, 3.05) is 32.2 Å². The lowest BCUT2D eigenvalue weighted by Gasteiger charge is -2.19. The summed E-state index contributed by atoms with van der Waals surface area (Å²) in [5.74, 6) is 3.33. The summed E-state index contributed by atoms with van der Waals surface area (Å²) in [6.45, 7) is 3.55. The summed E-state index contributed by atoms with van der Waals surface area (Å²) in [4.78, 5) is 15.3. The largest absolute Gasteiger partial charge is 0.493 e. The number of rotatable bonds is 4. The zero-order valence-electron chi connectivity index (χ0n) is 14.5. The maximum atomic E-state index is 5.60. The Kier molecular flexibility index (Phi) is 3.91. The summed E-state index contributed by atoms with van der Waals surface area (Å²) in [5, 5.41) is 0. The summed E-state index contributed by atoms with van der Waals surface area (Å²) in [6, 6.07) is 6.02. The number of ether oxygens (including phenoxy) is 2. The molecule has 7 heteroatoms. The van der Waals surface area contributed by atoms with E-state index in [1.54, 1.807) is 14.2 Å². The molecule has 0 spiro atoms. The van der Waals surface area contributed by atoms with Gasteiger partial charge in [-0.25, -0.2) is 9.97 Å². The number of oxazole rings is 1. The molecule has 1 saturated heterocycles. The van der Waals surface area contributed by atoms with Gasteiger partial charge in [0.05, 0.1) is 14.2 Å². The van der Waals surface area contributed by atoms with E-state index in [9.17, 15) is 0 Å². The van der Waals surface area contributed by atoms with Crippen LogP contribution < -0.4 is 14.4 Å². The first-order valence-electron chi connectivity index (χ1n) is 8.25. The third-order valence-corrected chi connectivity index (χ3v) is 4.64. The van der Waals surface area contributed by atoms with E-state index in [4.69, 9.17) is 13.9 Å². The van der Waals surface area contributed by atoms with Gasteiger partial charge in [0.2, 0.25) is 0 Å². The Labute approximate surface area is 145 Å². The molecule has 0 saturated carbocycles. The van der Waals surface area contributed by atoms with Crippen LogP contribution in [0.5, 0.6) is 11.5 Å². The molecule has 1 aliphatic rings. The highest BCUT2D eigenvalue weighted by atomic mass is 16.5. The van der Waals surface area contributed by atoms with E-state index in [0.29, 0.717) is 17.5 Å². The molecule has 0 amide bonds. The Morgan fingerprint density at radius 1 is 1.20 bits per heavy atom. The molecule has 7 nitrogen and oxygen atoms in total. The Hall–Kier alpha value is -2.83. The number of para-hydroxylation sites is 1. The van der Waals surface area contributed by atoms with E-state index in [1.165, 1.54) is 6.33 Å². The average molecular weight is 340 g/mol. The third-order valence-electron chi connectivity index (χ3n) is 4.64. The second-order valence-corrected chi connectivity index (χ2v) is 6.10. The summed E-state index contributed by atoms with van der Waals surface area (Å²) >= 11 is 0. The molecule has 4 rings (SSSR count). The number of hydrogen-bond acceptors (Lipinski definition) is 7. The van der Waals surface area contributed by atoms with Gasteiger partial charge in [0, 0.05) is 31.5 Å². The first kappa shape index (κ1) is 15.7. The predicted molar refractivity (Wildman–Crippen MR) is 93.5 cm³/mol. The quantitative estimate of drug-likeness (QED) is 0.723. The molecule has 1 fully saturated rings. The minimum Gasteiger partial charge on any atom is -0.493 e. The standard InChI is InChI=1S/C18H20N4O3/c1-11-21-15-17(19-10-20-18(15)25-11)22-8-7-12(9-22)13-5-4-6-14(23-2)16(13)24-3/h4-6,10,12H,7-9H2,1-3H3. The lowest BCUT2D eigenvalue weighted by molar-refractivity contribution is 0.350. The highest BCUT2D eigenvalue weighted by molar-refractivity contribution is 5.81. The van der Waals surface area contributed by atoms with E-state index < -0.39 is 0 Å². The van der Waals surface area contributed by atoms with Crippen molar-refractivity contribution >= 4 is 17.0 Å². The van der Waals surface area contributed by atoms with Crippen molar-refractivity contribution in [2.24, 2.45) is 0 Å². The number of fused-ring (bicyclic) bond motifs is 1. The number of hydrogen-bond donors (Lipinski definition) is 0. The molecular formula is C18H20N4O3. The zero-order valence-corrected chi connectivity index (χ0v) is 14.5. The van der Waals surface area contributed by atoms with Crippen LogP contribution in [0.1, 0.15) is 23.8 Å². The number of nitrogens with zero attached hydrogens (tertiary/aromatic N) is 4. The van der Waals surface area contributed by atoms with E-state index in [0.717, 1.165) is 47.9 Å². The summed E-state index contributed by atoms with van der Waals surface area (Å²) in [7, 11) is 3.34. The van der Waals surface area contributed by atoms with Crippen LogP contribution in [0.2, 0.25) is 0 Å². The molecule has 1 atom stereocenters. The molecule has 1 aromatic carbocycles. The fourth-order valence-electron chi connectivity index (χ4n) is 3.52. The molecule has 3 aromatic rings. The first-order valence-corrected chi connectivity index (χ1v) is 8.25. The molecule has 1 unspecified atom stereocenters. The SMILES string of the molecule is COc1cccc(C2CCN(c3ncnc4oc(C)nc34)C2)c1OC. The Bertz CT molecular complexity index is 908. The number of aryl methyl sites for hydroxylation is 1. The van der Waals surface area contributed by atoms with E-state index in [1.807, 2.05) is 19.1 Å². The average Bonchev–Trinajstić information content (AvgIpc) is 3.26.